The number of carbonyl (C=O) groups is 1. The molecule has 0 atom stereocenters. The first-order valence-electron chi connectivity index (χ1n) is 7.11. The summed E-state index contributed by atoms with van der Waals surface area (Å²) in [6.07, 6.45) is 4.11. The standard InChI is InChI=1S/C14H14N6O2S/c15-6-9-5-8-3-1-2-4-10(8)17-14(9)23-7-11(21)18-13-12(16)19-22-20-13/h5H,1-4,7H2,(H2,16,19)(H,18,20,21). The van der Waals surface area contributed by atoms with Crippen molar-refractivity contribution in [1.29, 1.82) is 5.26 Å². The van der Waals surface area contributed by atoms with Crippen molar-refractivity contribution in [2.24, 2.45) is 0 Å². The number of nitrogen functional groups attached to an aromatic ring is 1. The highest BCUT2D eigenvalue weighted by Crippen LogP contribution is 2.27. The van der Waals surface area contributed by atoms with Crippen molar-refractivity contribution >= 4 is 29.3 Å². The molecule has 0 unspecified atom stereocenters. The zero-order chi connectivity index (χ0) is 16.2. The van der Waals surface area contributed by atoms with Crippen molar-refractivity contribution in [3.63, 3.8) is 0 Å². The fourth-order valence-corrected chi connectivity index (χ4v) is 3.16. The SMILES string of the molecule is N#Cc1cc2c(nc1SCC(=O)Nc1nonc1N)CCCC2. The van der Waals surface area contributed by atoms with Gasteiger partial charge in [-0.15, -0.1) is 0 Å². The largest absolute Gasteiger partial charge is 0.378 e. The van der Waals surface area contributed by atoms with E-state index in [4.69, 9.17) is 5.73 Å². The molecule has 0 saturated carbocycles. The molecule has 9 heteroatoms. The summed E-state index contributed by atoms with van der Waals surface area (Å²) in [7, 11) is 0. The van der Waals surface area contributed by atoms with Gasteiger partial charge in [-0.05, 0) is 47.6 Å². The van der Waals surface area contributed by atoms with Gasteiger partial charge in [-0.2, -0.15) is 5.26 Å². The molecule has 0 aromatic carbocycles. The second-order valence-electron chi connectivity index (χ2n) is 5.10. The fraction of sp³-hybridized carbons (Fsp3) is 0.357. The number of nitrogens with two attached hydrogens (primary N) is 1. The zero-order valence-corrected chi connectivity index (χ0v) is 13.0. The highest BCUT2D eigenvalue weighted by atomic mass is 32.2. The molecule has 8 nitrogen and oxygen atoms in total. The number of nitrogens with zero attached hydrogens (tertiary/aromatic N) is 4. The summed E-state index contributed by atoms with van der Waals surface area (Å²) >= 11 is 1.21. The van der Waals surface area contributed by atoms with E-state index >= 15 is 0 Å². The van der Waals surface area contributed by atoms with E-state index in [0.717, 1.165) is 36.9 Å². The summed E-state index contributed by atoms with van der Waals surface area (Å²) in [4.78, 5) is 16.5. The number of thioether (sulfide) groups is 1. The number of aryl methyl sites for hydroxylation is 2. The summed E-state index contributed by atoms with van der Waals surface area (Å²) in [5.41, 5.74) is 8.15. The van der Waals surface area contributed by atoms with E-state index in [1.165, 1.54) is 11.8 Å². The van der Waals surface area contributed by atoms with Crippen LogP contribution >= 0.6 is 11.8 Å². The van der Waals surface area contributed by atoms with Gasteiger partial charge in [0.15, 0.2) is 0 Å². The lowest BCUT2D eigenvalue weighted by Gasteiger charge is -2.16. The van der Waals surface area contributed by atoms with Crippen LogP contribution in [0.4, 0.5) is 11.6 Å². The Bertz CT molecular complexity index is 782. The van der Waals surface area contributed by atoms with Crippen LogP contribution < -0.4 is 11.1 Å². The van der Waals surface area contributed by atoms with Gasteiger partial charge in [0.25, 0.3) is 0 Å². The van der Waals surface area contributed by atoms with Crippen molar-refractivity contribution in [1.82, 2.24) is 15.3 Å². The van der Waals surface area contributed by atoms with Gasteiger partial charge in [-0.25, -0.2) is 9.61 Å². The maximum Gasteiger partial charge on any atom is 0.236 e. The Morgan fingerprint density at radius 2 is 2.26 bits per heavy atom. The summed E-state index contributed by atoms with van der Waals surface area (Å²) in [6.45, 7) is 0. The maximum atomic E-state index is 11.9. The quantitative estimate of drug-likeness (QED) is 0.807. The van der Waals surface area contributed by atoms with Gasteiger partial charge in [-0.1, -0.05) is 11.8 Å². The summed E-state index contributed by atoms with van der Waals surface area (Å²) in [5.74, 6) is -0.115. The highest BCUT2D eigenvalue weighted by molar-refractivity contribution is 8.00. The number of nitrogens with one attached hydrogen (secondary N) is 1. The minimum Gasteiger partial charge on any atom is -0.378 e. The first-order chi connectivity index (χ1) is 11.2. The minimum absolute atomic E-state index is 0.0213. The number of rotatable bonds is 4. The molecule has 3 N–H and O–H groups in total. The van der Waals surface area contributed by atoms with Gasteiger partial charge in [0.1, 0.15) is 11.1 Å². The normalized spacial score (nSPS) is 13.2. The van der Waals surface area contributed by atoms with E-state index in [2.05, 4.69) is 31.3 Å². The van der Waals surface area contributed by atoms with Crippen LogP contribution in [-0.2, 0) is 17.6 Å². The third kappa shape index (κ3) is 3.43. The predicted octanol–water partition coefficient (Wildman–Crippen LogP) is 1.53. The lowest BCUT2D eigenvalue weighted by molar-refractivity contribution is -0.113. The molecule has 0 saturated heterocycles. The molecule has 0 spiro atoms. The molecule has 23 heavy (non-hydrogen) atoms. The summed E-state index contributed by atoms with van der Waals surface area (Å²) in [6, 6.07) is 4.04. The van der Waals surface area contributed by atoms with Crippen LogP contribution in [0.5, 0.6) is 0 Å². The minimum atomic E-state index is -0.319. The maximum absolute atomic E-state index is 11.9. The molecule has 2 heterocycles. The van der Waals surface area contributed by atoms with Gasteiger partial charge in [0.05, 0.1) is 11.3 Å². The number of aromatic nitrogens is 3. The number of anilines is 2. The molecule has 2 aromatic heterocycles. The zero-order valence-electron chi connectivity index (χ0n) is 12.2. The van der Waals surface area contributed by atoms with Crippen molar-refractivity contribution in [3.05, 3.63) is 22.9 Å². The molecule has 0 radical (unpaired) electrons. The number of amides is 1. The van der Waals surface area contributed by atoms with E-state index in [9.17, 15) is 10.1 Å². The van der Waals surface area contributed by atoms with E-state index < -0.39 is 0 Å². The second kappa shape index (κ2) is 6.66. The molecular formula is C14H14N6O2S. The highest BCUT2D eigenvalue weighted by Gasteiger charge is 2.17. The Labute approximate surface area is 136 Å². The van der Waals surface area contributed by atoms with Crippen LogP contribution in [-0.4, -0.2) is 27.0 Å². The van der Waals surface area contributed by atoms with E-state index in [0.29, 0.717) is 10.6 Å². The average Bonchev–Trinajstić information content (AvgIpc) is 2.97. The van der Waals surface area contributed by atoms with Crippen LogP contribution in [0.3, 0.4) is 0 Å². The molecule has 3 rings (SSSR count). The number of hydrogen-bond donors (Lipinski definition) is 2. The second-order valence-corrected chi connectivity index (χ2v) is 6.06. The van der Waals surface area contributed by atoms with E-state index in [1.54, 1.807) is 0 Å². The van der Waals surface area contributed by atoms with Crippen molar-refractivity contribution in [2.75, 3.05) is 16.8 Å². The van der Waals surface area contributed by atoms with Crippen LogP contribution in [0.25, 0.3) is 0 Å². The smallest absolute Gasteiger partial charge is 0.236 e. The first-order valence-corrected chi connectivity index (χ1v) is 8.09. The van der Waals surface area contributed by atoms with E-state index in [-0.39, 0.29) is 23.3 Å². The Balaban J connectivity index is 1.69. The van der Waals surface area contributed by atoms with Gasteiger partial charge in [-0.3, -0.25) is 4.79 Å². The number of nitriles is 1. The van der Waals surface area contributed by atoms with Crippen molar-refractivity contribution in [3.8, 4) is 6.07 Å². The third-order valence-corrected chi connectivity index (χ3v) is 4.49. The summed E-state index contributed by atoms with van der Waals surface area (Å²) < 4.78 is 4.41. The van der Waals surface area contributed by atoms with Crippen LogP contribution in [0.1, 0.15) is 29.7 Å². The third-order valence-electron chi connectivity index (χ3n) is 3.50. The molecule has 0 fully saturated rings. The molecule has 0 bridgehead atoms. The predicted molar refractivity (Wildman–Crippen MR) is 83.7 cm³/mol. The number of hydrogen-bond acceptors (Lipinski definition) is 8. The molecular weight excluding hydrogens is 316 g/mol. The van der Waals surface area contributed by atoms with Gasteiger partial charge in [0, 0.05) is 5.69 Å². The molecule has 1 aliphatic carbocycles. The van der Waals surface area contributed by atoms with E-state index in [1.807, 2.05) is 6.07 Å². The van der Waals surface area contributed by atoms with Crippen molar-refractivity contribution in [2.45, 2.75) is 30.7 Å². The molecule has 2 aromatic rings. The Kier molecular flexibility index (Phi) is 4.43. The Morgan fingerprint density at radius 1 is 1.43 bits per heavy atom. The lowest BCUT2D eigenvalue weighted by atomic mass is 9.95. The lowest BCUT2D eigenvalue weighted by Crippen LogP contribution is -2.16. The molecule has 0 aliphatic heterocycles. The van der Waals surface area contributed by atoms with Gasteiger partial charge < -0.3 is 11.1 Å². The fourth-order valence-electron chi connectivity index (χ4n) is 2.39. The first kappa shape index (κ1) is 15.3. The molecule has 1 aliphatic rings. The monoisotopic (exact) mass is 330 g/mol. The van der Waals surface area contributed by atoms with Crippen LogP contribution in [0, 0.1) is 11.3 Å². The average molecular weight is 330 g/mol. The summed E-state index contributed by atoms with van der Waals surface area (Å²) in [5, 5.41) is 19.2. The van der Waals surface area contributed by atoms with Crippen LogP contribution in [0.15, 0.2) is 15.7 Å². The van der Waals surface area contributed by atoms with Gasteiger partial charge in [0.2, 0.25) is 17.5 Å². The van der Waals surface area contributed by atoms with Crippen LogP contribution in [0.2, 0.25) is 0 Å². The molecule has 118 valence electrons. The topological polar surface area (TPSA) is 131 Å². The molecule has 1 amide bonds. The number of carbonyl (C=O) groups excluding carboxylic acids is 1. The number of fused-ring (bicyclic) bond motifs is 1. The Hall–Kier alpha value is -2.60. The van der Waals surface area contributed by atoms with Gasteiger partial charge >= 0.3 is 0 Å². The Morgan fingerprint density at radius 3 is 3.00 bits per heavy atom. The number of pyridine rings is 1. The van der Waals surface area contributed by atoms with Crippen molar-refractivity contribution < 1.29 is 9.42 Å².